The van der Waals surface area contributed by atoms with Crippen LogP contribution in [0.2, 0.25) is 0 Å². The van der Waals surface area contributed by atoms with Gasteiger partial charge in [0.2, 0.25) is 5.75 Å². The van der Waals surface area contributed by atoms with Gasteiger partial charge in [-0.3, -0.25) is 4.79 Å². The molecule has 0 aliphatic carbocycles. The quantitative estimate of drug-likeness (QED) is 0.531. The Morgan fingerprint density at radius 3 is 2.53 bits per heavy atom. The first-order chi connectivity index (χ1) is 7.99. The summed E-state index contributed by atoms with van der Waals surface area (Å²) in [5, 5.41) is 28.5. The second-order valence-corrected chi connectivity index (χ2v) is 3.39. The molecule has 1 aromatic rings. The third-order valence-corrected chi connectivity index (χ3v) is 2.27. The largest absolute Gasteiger partial charge is 0.504 e. The first-order valence-corrected chi connectivity index (χ1v) is 4.84. The number of ether oxygens (including phenoxy) is 2. The van der Waals surface area contributed by atoms with Crippen molar-refractivity contribution in [1.29, 1.82) is 0 Å². The van der Waals surface area contributed by atoms with E-state index in [1.807, 2.05) is 0 Å². The Bertz CT molecular complexity index is 415. The van der Waals surface area contributed by atoms with E-state index in [2.05, 4.69) is 4.74 Å². The van der Waals surface area contributed by atoms with Gasteiger partial charge in [0.1, 0.15) is 0 Å². The highest BCUT2D eigenvalue weighted by atomic mass is 16.5. The molecular weight excluding hydrogens is 228 g/mol. The molecule has 0 aliphatic rings. The Balaban J connectivity index is 2.98. The summed E-state index contributed by atoms with van der Waals surface area (Å²) >= 11 is 0. The third-order valence-electron chi connectivity index (χ3n) is 2.27. The lowest BCUT2D eigenvalue weighted by Crippen LogP contribution is -2.08. The lowest BCUT2D eigenvalue weighted by atomic mass is 10.1. The summed E-state index contributed by atoms with van der Waals surface area (Å²) < 4.78 is 9.22. The van der Waals surface area contributed by atoms with Crippen LogP contribution in [-0.2, 0) is 9.53 Å². The van der Waals surface area contributed by atoms with E-state index in [1.54, 1.807) is 0 Å². The number of rotatable bonds is 4. The van der Waals surface area contributed by atoms with Gasteiger partial charge in [0.05, 0.1) is 26.7 Å². The molecule has 17 heavy (non-hydrogen) atoms. The zero-order valence-electron chi connectivity index (χ0n) is 9.51. The predicted octanol–water partition coefficient (Wildman–Crippen LogP) is 0.703. The minimum atomic E-state index is -1.14. The molecule has 0 aliphatic heterocycles. The second-order valence-electron chi connectivity index (χ2n) is 3.39. The standard InChI is InChI=1S/C11H14O6/c1-16-9-4-6(3-8(13)11(9)15)7(12)5-10(14)17-2/h3-4,7,12-13,15H,5H2,1-2H3. The van der Waals surface area contributed by atoms with Gasteiger partial charge in [0.25, 0.3) is 0 Å². The fourth-order valence-electron chi connectivity index (χ4n) is 1.32. The average Bonchev–Trinajstić information content (AvgIpc) is 2.32. The number of hydrogen-bond donors (Lipinski definition) is 3. The number of phenolic OH excluding ortho intramolecular Hbond substituents is 2. The number of aliphatic hydroxyl groups excluding tert-OH is 1. The molecule has 1 aromatic carbocycles. The molecule has 0 saturated heterocycles. The highest BCUT2D eigenvalue weighted by molar-refractivity contribution is 5.70. The van der Waals surface area contributed by atoms with E-state index in [1.165, 1.54) is 20.3 Å². The monoisotopic (exact) mass is 242 g/mol. The van der Waals surface area contributed by atoms with Crippen LogP contribution in [0, 0.1) is 0 Å². The van der Waals surface area contributed by atoms with Crippen molar-refractivity contribution in [1.82, 2.24) is 0 Å². The third kappa shape index (κ3) is 3.01. The highest BCUT2D eigenvalue weighted by Crippen LogP contribution is 2.38. The molecule has 1 rings (SSSR count). The summed E-state index contributed by atoms with van der Waals surface area (Å²) in [6.07, 6.45) is -1.38. The molecule has 6 nitrogen and oxygen atoms in total. The summed E-state index contributed by atoms with van der Waals surface area (Å²) in [6.45, 7) is 0. The number of carbonyl (C=O) groups excluding carboxylic acids is 1. The van der Waals surface area contributed by atoms with Crippen LogP contribution in [0.3, 0.4) is 0 Å². The van der Waals surface area contributed by atoms with E-state index in [0.717, 1.165) is 6.07 Å². The van der Waals surface area contributed by atoms with Crippen molar-refractivity contribution in [3.8, 4) is 17.2 Å². The molecule has 3 N–H and O–H groups in total. The van der Waals surface area contributed by atoms with Crippen molar-refractivity contribution in [3.63, 3.8) is 0 Å². The molecule has 1 unspecified atom stereocenters. The maximum atomic E-state index is 11.0. The predicted molar refractivity (Wildman–Crippen MR) is 57.9 cm³/mol. The van der Waals surface area contributed by atoms with E-state index in [4.69, 9.17) is 4.74 Å². The number of aromatic hydroxyl groups is 2. The Hall–Kier alpha value is -1.95. The average molecular weight is 242 g/mol. The topological polar surface area (TPSA) is 96.2 Å². The normalized spacial score (nSPS) is 11.9. The van der Waals surface area contributed by atoms with E-state index in [0.29, 0.717) is 0 Å². The first kappa shape index (κ1) is 13.1. The van der Waals surface area contributed by atoms with Crippen LogP contribution < -0.4 is 4.74 Å². The fourth-order valence-corrected chi connectivity index (χ4v) is 1.32. The minimum absolute atomic E-state index is 0.0175. The van der Waals surface area contributed by atoms with Gasteiger partial charge in [-0.2, -0.15) is 0 Å². The van der Waals surface area contributed by atoms with Crippen LogP contribution in [0.1, 0.15) is 18.1 Å². The number of carbonyl (C=O) groups is 1. The van der Waals surface area contributed by atoms with Crippen LogP contribution in [0.5, 0.6) is 17.2 Å². The molecular formula is C11H14O6. The van der Waals surface area contributed by atoms with Gasteiger partial charge in [-0.15, -0.1) is 0 Å². The van der Waals surface area contributed by atoms with Crippen molar-refractivity contribution in [3.05, 3.63) is 17.7 Å². The second kappa shape index (κ2) is 5.40. The Labute approximate surface area is 98.0 Å². The maximum absolute atomic E-state index is 11.0. The van der Waals surface area contributed by atoms with Crippen LogP contribution in [0.25, 0.3) is 0 Å². The molecule has 0 aromatic heterocycles. The van der Waals surface area contributed by atoms with Gasteiger partial charge < -0.3 is 24.8 Å². The Morgan fingerprint density at radius 1 is 1.35 bits per heavy atom. The summed E-state index contributed by atoms with van der Waals surface area (Å²) in [5.74, 6) is -1.40. The van der Waals surface area contributed by atoms with Crippen molar-refractivity contribution < 1.29 is 29.6 Å². The van der Waals surface area contributed by atoms with Crippen LogP contribution in [0.4, 0.5) is 0 Å². The summed E-state index contributed by atoms with van der Waals surface area (Å²) in [4.78, 5) is 11.0. The van der Waals surface area contributed by atoms with Gasteiger partial charge in [-0.05, 0) is 17.7 Å². The molecule has 0 spiro atoms. The summed E-state index contributed by atoms with van der Waals surface area (Å²) in [6, 6.07) is 2.49. The van der Waals surface area contributed by atoms with E-state index in [-0.39, 0.29) is 17.7 Å². The van der Waals surface area contributed by atoms with Crippen LogP contribution >= 0.6 is 0 Å². The van der Waals surface area contributed by atoms with Gasteiger partial charge in [-0.25, -0.2) is 0 Å². The SMILES string of the molecule is COC(=O)CC(O)c1cc(O)c(O)c(OC)c1. The number of hydrogen-bond acceptors (Lipinski definition) is 6. The zero-order chi connectivity index (χ0) is 13.0. The maximum Gasteiger partial charge on any atom is 0.308 e. The molecule has 94 valence electrons. The van der Waals surface area contributed by atoms with Gasteiger partial charge >= 0.3 is 5.97 Å². The molecule has 0 heterocycles. The lowest BCUT2D eigenvalue weighted by Gasteiger charge is -2.13. The number of benzene rings is 1. The van der Waals surface area contributed by atoms with Crippen molar-refractivity contribution in [2.75, 3.05) is 14.2 Å². The first-order valence-electron chi connectivity index (χ1n) is 4.84. The van der Waals surface area contributed by atoms with Gasteiger partial charge in [0, 0.05) is 0 Å². The molecule has 1 atom stereocenters. The number of methoxy groups -OCH3 is 2. The summed E-state index contributed by atoms with van der Waals surface area (Å²) in [5.41, 5.74) is 0.252. The van der Waals surface area contributed by atoms with Crippen molar-refractivity contribution in [2.24, 2.45) is 0 Å². The molecule has 0 bridgehead atoms. The minimum Gasteiger partial charge on any atom is -0.504 e. The molecule has 0 saturated carbocycles. The number of phenols is 2. The summed E-state index contributed by atoms with van der Waals surface area (Å²) in [7, 11) is 2.52. The molecule has 0 fully saturated rings. The van der Waals surface area contributed by atoms with E-state index in [9.17, 15) is 20.1 Å². The van der Waals surface area contributed by atoms with Crippen molar-refractivity contribution >= 4 is 5.97 Å². The van der Waals surface area contributed by atoms with E-state index < -0.39 is 23.6 Å². The fraction of sp³-hybridized carbons (Fsp3) is 0.364. The van der Waals surface area contributed by atoms with Gasteiger partial charge in [-0.1, -0.05) is 0 Å². The Morgan fingerprint density at radius 2 is 2.00 bits per heavy atom. The Kier molecular flexibility index (Phi) is 4.17. The molecule has 0 amide bonds. The smallest absolute Gasteiger partial charge is 0.308 e. The lowest BCUT2D eigenvalue weighted by molar-refractivity contribution is -0.142. The van der Waals surface area contributed by atoms with Crippen molar-refractivity contribution in [2.45, 2.75) is 12.5 Å². The van der Waals surface area contributed by atoms with Gasteiger partial charge in [0.15, 0.2) is 11.5 Å². The molecule has 0 radical (unpaired) electrons. The van der Waals surface area contributed by atoms with Crippen LogP contribution in [-0.4, -0.2) is 35.5 Å². The van der Waals surface area contributed by atoms with Crippen LogP contribution in [0.15, 0.2) is 12.1 Å². The zero-order valence-corrected chi connectivity index (χ0v) is 9.51. The van der Waals surface area contributed by atoms with E-state index >= 15 is 0 Å². The molecule has 6 heteroatoms. The number of esters is 1. The number of aliphatic hydroxyl groups is 1. The highest BCUT2D eigenvalue weighted by Gasteiger charge is 2.17.